The Morgan fingerprint density at radius 3 is 2.72 bits per heavy atom. The average molecular weight is 529 g/mol. The Morgan fingerprint density at radius 2 is 2.06 bits per heavy atom. The maximum atomic E-state index is 14.8. The van der Waals surface area contributed by atoms with Gasteiger partial charge in [-0.2, -0.15) is 0 Å². The van der Waals surface area contributed by atoms with E-state index in [4.69, 9.17) is 9.15 Å². The molecular formula is C20H19BrF2N4O4S. The molecule has 8 nitrogen and oxygen atoms in total. The predicted octanol–water partition coefficient (Wildman–Crippen LogP) is 4.21. The average Bonchev–Trinajstić information content (AvgIpc) is 2.75. The van der Waals surface area contributed by atoms with Gasteiger partial charge in [0.05, 0.1) is 0 Å². The van der Waals surface area contributed by atoms with Gasteiger partial charge in [0.15, 0.2) is 23.2 Å². The molecule has 0 saturated heterocycles. The van der Waals surface area contributed by atoms with Crippen molar-refractivity contribution in [2.45, 2.75) is 11.8 Å². The molecule has 2 heterocycles. The van der Waals surface area contributed by atoms with Gasteiger partial charge in [-0.05, 0) is 30.3 Å². The first-order valence-electron chi connectivity index (χ1n) is 9.22. The number of nitrogens with zero attached hydrogens (tertiary/aromatic N) is 2. The normalized spacial score (nSPS) is 10.9. The van der Waals surface area contributed by atoms with Crippen molar-refractivity contribution in [2.24, 2.45) is 0 Å². The van der Waals surface area contributed by atoms with E-state index in [1.807, 2.05) is 0 Å². The van der Waals surface area contributed by atoms with Crippen LogP contribution in [0.2, 0.25) is 0 Å². The summed E-state index contributed by atoms with van der Waals surface area (Å²) in [6.07, 6.45) is 0.543. The van der Waals surface area contributed by atoms with Gasteiger partial charge in [0, 0.05) is 61.2 Å². The smallest absolute Gasteiger partial charge is 0.414 e. The summed E-state index contributed by atoms with van der Waals surface area (Å²) in [5.41, 5.74) is 0.156. The molecular weight excluding hydrogens is 510 g/mol. The fraction of sp³-hybridized carbons (Fsp3) is 0.250. The number of halogens is 3. The van der Waals surface area contributed by atoms with Crippen molar-refractivity contribution in [3.05, 3.63) is 63.1 Å². The summed E-state index contributed by atoms with van der Waals surface area (Å²) in [5, 5.41) is 0.492. The molecule has 3 rings (SSSR count). The molecule has 2 aromatic heterocycles. The summed E-state index contributed by atoms with van der Waals surface area (Å²) in [6, 6.07) is 3.72. The van der Waals surface area contributed by atoms with E-state index in [9.17, 15) is 18.4 Å². The van der Waals surface area contributed by atoms with E-state index in [-0.39, 0.29) is 40.0 Å². The molecule has 2 N–H and O–H groups in total. The van der Waals surface area contributed by atoms with E-state index in [0.29, 0.717) is 10.9 Å². The fourth-order valence-electron chi connectivity index (χ4n) is 2.88. The quantitative estimate of drug-likeness (QED) is 0.267. The third kappa shape index (κ3) is 5.03. The second kappa shape index (κ2) is 10.3. The molecule has 1 aromatic carbocycles. The molecule has 0 fully saturated rings. The van der Waals surface area contributed by atoms with Crippen LogP contribution in [0.5, 0.6) is 5.75 Å². The monoisotopic (exact) mass is 528 g/mol. The van der Waals surface area contributed by atoms with Gasteiger partial charge in [-0.3, -0.25) is 4.72 Å². The summed E-state index contributed by atoms with van der Waals surface area (Å²) < 4.78 is 45.3. The zero-order valence-electron chi connectivity index (χ0n) is 17.3. The third-order valence-corrected chi connectivity index (χ3v) is 5.52. The molecule has 0 bridgehead atoms. The van der Waals surface area contributed by atoms with Crippen molar-refractivity contribution >= 4 is 50.9 Å². The van der Waals surface area contributed by atoms with Crippen LogP contribution in [0.1, 0.15) is 16.7 Å². The largest absolute Gasteiger partial charge is 0.422 e. The Labute approximate surface area is 194 Å². The first kappa shape index (κ1) is 24.0. The zero-order valence-corrected chi connectivity index (χ0v) is 19.7. The zero-order chi connectivity index (χ0) is 23.4. The number of ether oxygens (including phenoxy) is 1. The Kier molecular flexibility index (Phi) is 7.69. The summed E-state index contributed by atoms with van der Waals surface area (Å²) in [5.74, 6) is -1.79. The van der Waals surface area contributed by atoms with Crippen molar-refractivity contribution in [1.82, 2.24) is 14.6 Å². The van der Waals surface area contributed by atoms with E-state index in [1.54, 1.807) is 7.05 Å². The molecule has 32 heavy (non-hydrogen) atoms. The van der Waals surface area contributed by atoms with Crippen molar-refractivity contribution in [1.29, 1.82) is 0 Å². The van der Waals surface area contributed by atoms with Crippen molar-refractivity contribution in [3.8, 4) is 5.75 Å². The van der Waals surface area contributed by atoms with Crippen LogP contribution in [0.3, 0.4) is 0 Å². The summed E-state index contributed by atoms with van der Waals surface area (Å²) >= 11 is 4.36. The van der Waals surface area contributed by atoms with E-state index in [2.05, 4.69) is 30.4 Å². The number of fused-ring (bicyclic) bond motifs is 1. The minimum Gasteiger partial charge on any atom is -0.422 e. The number of carbonyl (C=O) groups excluding carboxylic acids is 1. The molecule has 0 spiro atoms. The number of hydrogen-bond donors (Lipinski definition) is 2. The number of benzene rings is 1. The van der Waals surface area contributed by atoms with Crippen molar-refractivity contribution < 1.29 is 22.7 Å². The van der Waals surface area contributed by atoms with Gasteiger partial charge in [-0.15, -0.1) is 0 Å². The van der Waals surface area contributed by atoms with E-state index >= 15 is 0 Å². The molecule has 0 aliphatic rings. The molecule has 170 valence electrons. The van der Waals surface area contributed by atoms with Crippen LogP contribution < -0.4 is 19.8 Å². The minimum absolute atomic E-state index is 0.00538. The number of anilines is 1. The van der Waals surface area contributed by atoms with Gasteiger partial charge in [-0.25, -0.2) is 28.1 Å². The van der Waals surface area contributed by atoms with Gasteiger partial charge >= 0.3 is 11.7 Å². The Bertz CT molecular complexity index is 1220. The van der Waals surface area contributed by atoms with Crippen LogP contribution in [-0.4, -0.2) is 37.1 Å². The van der Waals surface area contributed by atoms with Crippen LogP contribution in [0.4, 0.5) is 19.4 Å². The summed E-state index contributed by atoms with van der Waals surface area (Å²) in [7, 11) is 4.56. The molecule has 0 saturated carbocycles. The first-order valence-corrected chi connectivity index (χ1v) is 11.2. The van der Waals surface area contributed by atoms with Gasteiger partial charge in [0.2, 0.25) is 0 Å². The number of amides is 1. The molecule has 0 aliphatic heterocycles. The molecule has 0 aliphatic carbocycles. The number of aromatic nitrogens is 1. The maximum Gasteiger partial charge on any atom is 0.414 e. The number of alkyl halides is 1. The molecule has 3 aromatic rings. The highest BCUT2D eigenvalue weighted by molar-refractivity contribution is 9.08. The molecule has 12 heteroatoms. The van der Waals surface area contributed by atoms with Gasteiger partial charge < -0.3 is 14.1 Å². The Morgan fingerprint density at radius 1 is 1.31 bits per heavy atom. The minimum atomic E-state index is -0.805. The number of nitrogens with one attached hydrogen (secondary N) is 2. The number of hydrogen-bond acceptors (Lipinski definition) is 8. The maximum absolute atomic E-state index is 14.8. The number of pyridine rings is 1. The molecule has 0 atom stereocenters. The Hall–Kier alpha value is -2.70. The lowest BCUT2D eigenvalue weighted by atomic mass is 9.99. The number of carbonyl (C=O) groups is 1. The van der Waals surface area contributed by atoms with Crippen LogP contribution in [0, 0.1) is 11.6 Å². The van der Waals surface area contributed by atoms with Gasteiger partial charge in [0.1, 0.15) is 5.58 Å². The van der Waals surface area contributed by atoms with E-state index in [0.717, 1.165) is 29.2 Å². The Balaban J connectivity index is 2.07. The molecule has 0 unspecified atom stereocenters. The molecule has 1 amide bonds. The lowest BCUT2D eigenvalue weighted by Gasteiger charge is -2.14. The highest BCUT2D eigenvalue weighted by Gasteiger charge is 2.21. The second-order valence-corrected chi connectivity index (χ2v) is 8.12. The van der Waals surface area contributed by atoms with Crippen molar-refractivity contribution in [2.75, 3.05) is 25.9 Å². The SMILES string of the molecule is CNSNc1nccc(Cc2c(CBr)c3cc(F)c(OC(=O)N(C)C)cc3oc2=O)c1F. The third-order valence-electron chi connectivity index (χ3n) is 4.45. The van der Waals surface area contributed by atoms with Crippen molar-refractivity contribution in [3.63, 3.8) is 0 Å². The summed E-state index contributed by atoms with van der Waals surface area (Å²) in [4.78, 5) is 29.6. The fourth-order valence-corrected chi connectivity index (χ4v) is 3.86. The second-order valence-electron chi connectivity index (χ2n) is 6.74. The van der Waals surface area contributed by atoms with Crippen LogP contribution in [0.25, 0.3) is 11.0 Å². The van der Waals surface area contributed by atoms with E-state index < -0.39 is 23.4 Å². The van der Waals surface area contributed by atoms with Crippen LogP contribution in [-0.2, 0) is 11.8 Å². The standard InChI is InChI=1S/C20H19BrF2N4O4S/c1-24-32-26-18-17(23)10(4-5-25-18)6-12-13(9-21)11-7-14(22)16(31-20(29)27(2)3)8-15(11)30-19(12)28/h4-5,7-8,24H,6,9H2,1-3H3,(H,25,26). The van der Waals surface area contributed by atoms with Gasteiger partial charge in [-0.1, -0.05) is 15.9 Å². The summed E-state index contributed by atoms with van der Waals surface area (Å²) in [6.45, 7) is 0. The molecule has 0 radical (unpaired) electrons. The highest BCUT2D eigenvalue weighted by Crippen LogP contribution is 2.30. The lowest BCUT2D eigenvalue weighted by molar-refractivity contribution is 0.170. The van der Waals surface area contributed by atoms with Gasteiger partial charge in [0.25, 0.3) is 0 Å². The van der Waals surface area contributed by atoms with Crippen LogP contribution in [0.15, 0.2) is 33.6 Å². The van der Waals surface area contributed by atoms with Crippen LogP contribution >= 0.6 is 28.1 Å². The topological polar surface area (TPSA) is 96.7 Å². The highest BCUT2D eigenvalue weighted by atomic mass is 79.9. The van der Waals surface area contributed by atoms with E-state index in [1.165, 1.54) is 26.4 Å². The number of rotatable bonds is 7. The first-order chi connectivity index (χ1) is 15.3. The lowest BCUT2D eigenvalue weighted by Crippen LogP contribution is -2.25. The predicted molar refractivity (Wildman–Crippen MR) is 122 cm³/mol.